The van der Waals surface area contributed by atoms with Gasteiger partial charge in [0.1, 0.15) is 10.6 Å². The topological polar surface area (TPSA) is 91.8 Å². The minimum absolute atomic E-state index is 0.0348. The molecule has 4 rings (SSSR count). The van der Waals surface area contributed by atoms with E-state index in [0.29, 0.717) is 29.3 Å². The van der Waals surface area contributed by atoms with Crippen LogP contribution in [0.3, 0.4) is 0 Å². The number of hydrogen-bond acceptors (Lipinski definition) is 6. The predicted molar refractivity (Wildman–Crippen MR) is 120 cm³/mol. The molecule has 1 saturated heterocycles. The van der Waals surface area contributed by atoms with Crippen LogP contribution in [-0.2, 0) is 0 Å². The Labute approximate surface area is 184 Å². The van der Waals surface area contributed by atoms with Crippen LogP contribution < -0.4 is 10.1 Å². The molecule has 8 heteroatoms. The summed E-state index contributed by atoms with van der Waals surface area (Å²) in [7, 11) is 1.58. The Bertz CT molecular complexity index is 1130. The van der Waals surface area contributed by atoms with E-state index in [9.17, 15) is 9.59 Å². The van der Waals surface area contributed by atoms with Crippen molar-refractivity contribution in [2.24, 2.45) is 0 Å². The number of pyridine rings is 1. The molecule has 3 aromatic rings. The van der Waals surface area contributed by atoms with Gasteiger partial charge in [-0.15, -0.1) is 11.3 Å². The largest absolute Gasteiger partial charge is 0.496 e. The first-order valence-electron chi connectivity index (χ1n) is 10.2. The fraction of sp³-hybridized carbons (Fsp3) is 0.348. The zero-order chi connectivity index (χ0) is 22.0. The first-order valence-corrected chi connectivity index (χ1v) is 11.1. The second kappa shape index (κ2) is 9.03. The van der Waals surface area contributed by atoms with Crippen molar-refractivity contribution in [3.8, 4) is 5.75 Å². The van der Waals surface area contributed by atoms with Crippen molar-refractivity contribution in [2.45, 2.75) is 19.3 Å². The standard InChI is InChI=1S/C23H25N3O4S/c1-14-5-3-6-17(19(14)30-2)23(29)26-11-8-15(13-26)18-16-7-4-9-25-22(16)31-20(18)21(28)24-10-12-27/h3-7,9,15,27H,8,10-13H2,1-2H3,(H,24,28)/t15-/m0/s1. The summed E-state index contributed by atoms with van der Waals surface area (Å²) in [5, 5.41) is 12.8. The number of rotatable bonds is 6. The van der Waals surface area contributed by atoms with E-state index >= 15 is 0 Å². The summed E-state index contributed by atoms with van der Waals surface area (Å²) < 4.78 is 5.47. The number of thiophene rings is 1. The number of amides is 2. The van der Waals surface area contributed by atoms with Crippen molar-refractivity contribution in [3.63, 3.8) is 0 Å². The molecule has 31 heavy (non-hydrogen) atoms. The number of nitrogens with one attached hydrogen (secondary N) is 1. The fourth-order valence-corrected chi connectivity index (χ4v) is 5.36. The monoisotopic (exact) mass is 439 g/mol. The number of nitrogens with zero attached hydrogens (tertiary/aromatic N) is 2. The molecular formula is C23H25N3O4S. The van der Waals surface area contributed by atoms with Crippen molar-refractivity contribution < 1.29 is 19.4 Å². The Balaban J connectivity index is 1.64. The number of aromatic nitrogens is 1. The van der Waals surface area contributed by atoms with Crippen molar-refractivity contribution in [1.82, 2.24) is 15.2 Å². The molecule has 2 N–H and O–H groups in total. The molecule has 1 aliphatic heterocycles. The van der Waals surface area contributed by atoms with Gasteiger partial charge in [0.05, 0.1) is 24.2 Å². The maximum atomic E-state index is 13.2. The minimum atomic E-state index is -0.211. The van der Waals surface area contributed by atoms with Crippen molar-refractivity contribution in [1.29, 1.82) is 0 Å². The molecule has 0 saturated carbocycles. The predicted octanol–water partition coefficient (Wildman–Crippen LogP) is 2.97. The lowest BCUT2D eigenvalue weighted by Crippen LogP contribution is -2.29. The quantitative estimate of drug-likeness (QED) is 0.616. The van der Waals surface area contributed by atoms with Gasteiger partial charge in [-0.1, -0.05) is 18.2 Å². The molecule has 0 bridgehead atoms. The van der Waals surface area contributed by atoms with Crippen LogP contribution in [0, 0.1) is 6.92 Å². The Morgan fingerprint density at radius 1 is 1.32 bits per heavy atom. The summed E-state index contributed by atoms with van der Waals surface area (Å²) in [6.45, 7) is 3.13. The minimum Gasteiger partial charge on any atom is -0.496 e. The molecule has 0 unspecified atom stereocenters. The summed E-state index contributed by atoms with van der Waals surface area (Å²) in [5.41, 5.74) is 2.41. The van der Waals surface area contributed by atoms with E-state index in [4.69, 9.17) is 9.84 Å². The number of aryl methyl sites for hydroxylation is 1. The number of para-hydroxylation sites is 1. The third kappa shape index (κ3) is 4.00. The number of carbonyl (C=O) groups is 2. The highest BCUT2D eigenvalue weighted by Crippen LogP contribution is 2.40. The molecule has 2 aromatic heterocycles. The second-order valence-corrected chi connectivity index (χ2v) is 8.57. The van der Waals surface area contributed by atoms with Crippen LogP contribution in [0.5, 0.6) is 5.75 Å². The third-order valence-corrected chi connectivity index (χ3v) is 6.77. The average molecular weight is 440 g/mol. The Morgan fingerprint density at radius 3 is 2.94 bits per heavy atom. The van der Waals surface area contributed by atoms with Crippen LogP contribution in [0.4, 0.5) is 0 Å². The molecule has 0 spiro atoms. The van der Waals surface area contributed by atoms with E-state index in [-0.39, 0.29) is 30.9 Å². The van der Waals surface area contributed by atoms with Crippen LogP contribution in [-0.4, -0.2) is 60.2 Å². The lowest BCUT2D eigenvalue weighted by atomic mass is 9.95. The molecule has 1 aromatic carbocycles. The van der Waals surface area contributed by atoms with Crippen LogP contribution in [0.25, 0.3) is 10.2 Å². The Hall–Kier alpha value is -2.97. The number of fused-ring (bicyclic) bond motifs is 1. The smallest absolute Gasteiger partial charge is 0.261 e. The van der Waals surface area contributed by atoms with Crippen LogP contribution in [0.15, 0.2) is 36.5 Å². The summed E-state index contributed by atoms with van der Waals surface area (Å²) in [5.74, 6) is 0.363. The zero-order valence-corrected chi connectivity index (χ0v) is 18.4. The maximum absolute atomic E-state index is 13.2. The molecule has 1 atom stereocenters. The number of ether oxygens (including phenoxy) is 1. The molecule has 162 valence electrons. The van der Waals surface area contributed by atoms with Crippen molar-refractivity contribution in [2.75, 3.05) is 33.4 Å². The fourth-order valence-electron chi connectivity index (χ4n) is 4.22. The van der Waals surface area contributed by atoms with Crippen molar-refractivity contribution >= 4 is 33.4 Å². The number of aliphatic hydroxyl groups is 1. The van der Waals surface area contributed by atoms with E-state index in [2.05, 4.69) is 10.3 Å². The molecule has 0 aliphatic carbocycles. The van der Waals surface area contributed by atoms with Gasteiger partial charge >= 0.3 is 0 Å². The van der Waals surface area contributed by atoms with Crippen LogP contribution in [0.1, 0.15) is 43.5 Å². The van der Waals surface area contributed by atoms with Crippen LogP contribution >= 0.6 is 11.3 Å². The molecule has 1 fully saturated rings. The summed E-state index contributed by atoms with van der Waals surface area (Å²) in [6, 6.07) is 9.41. The second-order valence-electron chi connectivity index (χ2n) is 7.57. The first kappa shape index (κ1) is 21.3. The average Bonchev–Trinajstić information content (AvgIpc) is 3.41. The normalized spacial score (nSPS) is 16.0. The van der Waals surface area contributed by atoms with Crippen LogP contribution in [0.2, 0.25) is 0 Å². The van der Waals surface area contributed by atoms with Gasteiger partial charge in [-0.2, -0.15) is 0 Å². The van der Waals surface area contributed by atoms with Gasteiger partial charge < -0.3 is 20.1 Å². The SMILES string of the molecule is COc1c(C)cccc1C(=O)N1CC[C@H](c2c(C(=O)NCCO)sc3ncccc23)C1. The maximum Gasteiger partial charge on any atom is 0.261 e. The highest BCUT2D eigenvalue weighted by Gasteiger charge is 2.34. The van der Waals surface area contributed by atoms with Gasteiger partial charge in [-0.05, 0) is 36.6 Å². The highest BCUT2D eigenvalue weighted by molar-refractivity contribution is 7.20. The summed E-state index contributed by atoms with van der Waals surface area (Å²) in [4.78, 5) is 33.7. The molecule has 2 amide bonds. The van der Waals surface area contributed by atoms with Crippen molar-refractivity contribution in [3.05, 3.63) is 58.1 Å². The zero-order valence-electron chi connectivity index (χ0n) is 17.6. The van der Waals surface area contributed by atoms with E-state index in [0.717, 1.165) is 27.8 Å². The van der Waals surface area contributed by atoms with Gasteiger partial charge in [0.2, 0.25) is 0 Å². The van der Waals surface area contributed by atoms with Gasteiger partial charge in [-0.3, -0.25) is 9.59 Å². The Morgan fingerprint density at radius 2 is 2.16 bits per heavy atom. The van der Waals surface area contributed by atoms with Gasteiger partial charge in [0.25, 0.3) is 11.8 Å². The first-order chi connectivity index (χ1) is 15.0. The number of methoxy groups -OCH3 is 1. The van der Waals surface area contributed by atoms with E-state index in [1.165, 1.54) is 11.3 Å². The molecule has 1 aliphatic rings. The van der Waals surface area contributed by atoms with Gasteiger partial charge in [0.15, 0.2) is 0 Å². The van der Waals surface area contributed by atoms with E-state index in [1.807, 2.05) is 36.1 Å². The molecule has 0 radical (unpaired) electrons. The third-order valence-electron chi connectivity index (χ3n) is 5.64. The molecular weight excluding hydrogens is 414 g/mol. The summed E-state index contributed by atoms with van der Waals surface area (Å²) in [6.07, 6.45) is 2.48. The van der Waals surface area contributed by atoms with E-state index in [1.54, 1.807) is 19.4 Å². The number of hydrogen-bond donors (Lipinski definition) is 2. The number of aliphatic hydroxyl groups excluding tert-OH is 1. The lowest BCUT2D eigenvalue weighted by Gasteiger charge is -2.19. The number of carbonyl (C=O) groups excluding carboxylic acids is 2. The lowest BCUT2D eigenvalue weighted by molar-refractivity contribution is 0.0787. The number of likely N-dealkylation sites (tertiary alicyclic amines) is 1. The molecule has 3 heterocycles. The number of benzene rings is 1. The van der Waals surface area contributed by atoms with Gasteiger partial charge in [0, 0.05) is 37.1 Å². The summed E-state index contributed by atoms with van der Waals surface area (Å²) >= 11 is 1.36. The van der Waals surface area contributed by atoms with Gasteiger partial charge in [-0.25, -0.2) is 4.98 Å². The van der Waals surface area contributed by atoms with E-state index < -0.39 is 0 Å². The molecule has 7 nitrogen and oxygen atoms in total. The Kier molecular flexibility index (Phi) is 6.20. The highest BCUT2D eigenvalue weighted by atomic mass is 32.1.